The predicted molar refractivity (Wildman–Crippen MR) is 288 cm³/mol. The van der Waals surface area contributed by atoms with Crippen molar-refractivity contribution in [1.29, 1.82) is 0 Å². The number of nitrogens with zero attached hydrogens (tertiary/aromatic N) is 4. The van der Waals surface area contributed by atoms with Gasteiger partial charge in [0.05, 0.1) is 51.0 Å². The zero-order valence-electron chi connectivity index (χ0n) is 41.5. The first-order valence-corrected chi connectivity index (χ1v) is 23.8. The molecule has 342 valence electrons. The van der Waals surface area contributed by atoms with Gasteiger partial charge in [-0.25, -0.2) is 4.98 Å². The molecule has 0 unspecified atom stereocenters. The summed E-state index contributed by atoms with van der Waals surface area (Å²) < 4.78 is 4.52. The quantitative estimate of drug-likeness (QED) is 0.169. The molecule has 68 heavy (non-hydrogen) atoms. The number of fused-ring (bicyclic) bond motifs is 7. The first-order chi connectivity index (χ1) is 32.0. The molecule has 0 bridgehead atoms. The van der Waals surface area contributed by atoms with Gasteiger partial charge < -0.3 is 19.3 Å². The largest absolute Gasteiger partial charge is 0.507 e. The average molecular weight is 895 g/mol. The summed E-state index contributed by atoms with van der Waals surface area (Å²) in [5.41, 5.74) is 13.8. The first kappa shape index (κ1) is 44.6. The third-order valence-corrected chi connectivity index (χ3v) is 13.8. The van der Waals surface area contributed by atoms with E-state index in [1.54, 1.807) is 6.21 Å². The van der Waals surface area contributed by atoms with Gasteiger partial charge in [-0.1, -0.05) is 126 Å². The maximum Gasteiger partial charge on any atom is 0.127 e. The molecule has 2 N–H and O–H groups in total. The Morgan fingerprint density at radius 2 is 0.882 bits per heavy atom. The van der Waals surface area contributed by atoms with E-state index in [0.29, 0.717) is 28.0 Å². The second-order valence-corrected chi connectivity index (χ2v) is 22.8. The lowest BCUT2D eigenvalue weighted by molar-refractivity contribution is 0.477. The average Bonchev–Trinajstić information content (AvgIpc) is 3.78. The van der Waals surface area contributed by atoms with Gasteiger partial charge in [-0.2, -0.15) is 0 Å². The predicted octanol–water partition coefficient (Wildman–Crippen LogP) is 16.4. The van der Waals surface area contributed by atoms with Crippen molar-refractivity contribution in [2.45, 2.75) is 105 Å². The number of aliphatic imine (C=N–C) groups is 1. The fourth-order valence-corrected chi connectivity index (χ4v) is 9.76. The fraction of sp³-hybridized carbons (Fsp3) is 0.258. The number of hydrogen-bond acceptors (Lipinski definition) is 4. The molecule has 0 aliphatic heterocycles. The van der Waals surface area contributed by atoms with Crippen molar-refractivity contribution >= 4 is 66.3 Å². The highest BCUT2D eigenvalue weighted by Gasteiger charge is 2.24. The fourth-order valence-electron chi connectivity index (χ4n) is 9.76. The van der Waals surface area contributed by atoms with E-state index in [9.17, 15) is 10.2 Å². The van der Waals surface area contributed by atoms with Crippen molar-refractivity contribution in [2.75, 3.05) is 0 Å². The van der Waals surface area contributed by atoms with Crippen molar-refractivity contribution in [2.24, 2.45) is 4.99 Å². The summed E-state index contributed by atoms with van der Waals surface area (Å²) in [7, 11) is 0. The lowest BCUT2D eigenvalue weighted by atomic mass is 9.85. The third-order valence-electron chi connectivity index (χ3n) is 13.8. The molecule has 0 amide bonds. The van der Waals surface area contributed by atoms with Crippen LogP contribution in [0.15, 0.2) is 145 Å². The van der Waals surface area contributed by atoms with Crippen molar-refractivity contribution in [3.8, 4) is 34.1 Å². The molecular formula is C62H62N4O2. The highest BCUT2D eigenvalue weighted by atomic mass is 16.3. The highest BCUT2D eigenvalue weighted by molar-refractivity contribution is 6.11. The van der Waals surface area contributed by atoms with Gasteiger partial charge in [-0.15, -0.1) is 0 Å². The molecule has 10 rings (SSSR count). The molecule has 6 heteroatoms. The van der Waals surface area contributed by atoms with Crippen molar-refractivity contribution < 1.29 is 10.2 Å². The van der Waals surface area contributed by atoms with Crippen LogP contribution in [0.4, 0.5) is 5.69 Å². The molecule has 3 heterocycles. The van der Waals surface area contributed by atoms with Crippen LogP contribution in [0.25, 0.3) is 77.0 Å². The lowest BCUT2D eigenvalue weighted by Crippen LogP contribution is -2.10. The van der Waals surface area contributed by atoms with Crippen LogP contribution in [0.3, 0.4) is 0 Å². The molecule has 0 saturated heterocycles. The Morgan fingerprint density at radius 1 is 0.441 bits per heavy atom. The van der Waals surface area contributed by atoms with E-state index in [1.165, 1.54) is 43.8 Å². The van der Waals surface area contributed by atoms with E-state index in [-0.39, 0.29) is 33.2 Å². The standard InChI is InChI=1S/C62H62N4O2/c1-59(2,3)38-19-25-52-46(30-38)47-31-39(60(4,5)6)20-26-53(47)65(52)43-23-24-45(56(67)34-43)50-17-14-16-42(64-50)36-63-51-18-13-15-37-29-44(35-57(68)58(37)51)66-54-27-21-40(61(7,8)9)32-48(54)49-33-41(62(10,11)12)22-28-55(49)66/h13-36,67-68H,1-12H3. The van der Waals surface area contributed by atoms with Crippen LogP contribution in [-0.4, -0.2) is 30.5 Å². The van der Waals surface area contributed by atoms with Gasteiger partial charge in [0.1, 0.15) is 11.5 Å². The zero-order chi connectivity index (χ0) is 48.2. The molecule has 0 saturated carbocycles. The van der Waals surface area contributed by atoms with Crippen LogP contribution in [0.5, 0.6) is 11.5 Å². The molecule has 10 aromatic rings. The van der Waals surface area contributed by atoms with Gasteiger partial charge in [0, 0.05) is 50.3 Å². The normalized spacial score (nSPS) is 13.1. The van der Waals surface area contributed by atoms with Crippen LogP contribution in [-0.2, 0) is 21.7 Å². The smallest absolute Gasteiger partial charge is 0.127 e. The van der Waals surface area contributed by atoms with Gasteiger partial charge >= 0.3 is 0 Å². The Morgan fingerprint density at radius 3 is 1.34 bits per heavy atom. The van der Waals surface area contributed by atoms with Crippen molar-refractivity contribution in [3.05, 3.63) is 167 Å². The number of phenolic OH excluding ortho intramolecular Hbond substituents is 2. The van der Waals surface area contributed by atoms with E-state index in [0.717, 1.165) is 38.8 Å². The first-order valence-electron chi connectivity index (χ1n) is 23.8. The van der Waals surface area contributed by atoms with Crippen molar-refractivity contribution in [1.82, 2.24) is 14.1 Å². The van der Waals surface area contributed by atoms with Crippen LogP contribution in [0.2, 0.25) is 0 Å². The van der Waals surface area contributed by atoms with Crippen LogP contribution >= 0.6 is 0 Å². The number of aromatic nitrogens is 3. The van der Waals surface area contributed by atoms with E-state index in [4.69, 9.17) is 9.98 Å². The molecule has 6 nitrogen and oxygen atoms in total. The molecular weight excluding hydrogens is 833 g/mol. The molecule has 0 aliphatic carbocycles. The van der Waals surface area contributed by atoms with E-state index in [2.05, 4.69) is 177 Å². The van der Waals surface area contributed by atoms with Gasteiger partial charge in [-0.3, -0.25) is 4.99 Å². The minimum absolute atomic E-state index is 0.00119. The zero-order valence-corrected chi connectivity index (χ0v) is 41.5. The number of benzene rings is 7. The molecule has 3 aromatic heterocycles. The lowest BCUT2D eigenvalue weighted by Gasteiger charge is -2.19. The summed E-state index contributed by atoms with van der Waals surface area (Å²) in [6.45, 7) is 27.0. The Balaban J connectivity index is 0.997. The van der Waals surface area contributed by atoms with E-state index < -0.39 is 0 Å². The minimum Gasteiger partial charge on any atom is -0.507 e. The third kappa shape index (κ3) is 7.80. The second-order valence-electron chi connectivity index (χ2n) is 22.8. The molecule has 7 aromatic carbocycles. The second kappa shape index (κ2) is 15.7. The number of pyridine rings is 1. The minimum atomic E-state index is -0.00330. The van der Waals surface area contributed by atoms with Gasteiger partial charge in [0.2, 0.25) is 0 Å². The van der Waals surface area contributed by atoms with Gasteiger partial charge in [0.15, 0.2) is 0 Å². The van der Waals surface area contributed by atoms with Crippen LogP contribution in [0, 0.1) is 0 Å². The molecule has 0 atom stereocenters. The highest BCUT2D eigenvalue weighted by Crippen LogP contribution is 2.43. The number of phenols is 2. The monoisotopic (exact) mass is 894 g/mol. The Kier molecular flexibility index (Phi) is 10.3. The molecule has 0 spiro atoms. The van der Waals surface area contributed by atoms with Gasteiger partial charge in [0.25, 0.3) is 0 Å². The van der Waals surface area contributed by atoms with E-state index >= 15 is 0 Å². The maximum absolute atomic E-state index is 11.9. The number of hydrogen-bond donors (Lipinski definition) is 2. The number of aromatic hydroxyl groups is 2. The van der Waals surface area contributed by atoms with Gasteiger partial charge in [-0.05, 0) is 134 Å². The summed E-state index contributed by atoms with van der Waals surface area (Å²) in [4.78, 5) is 9.85. The summed E-state index contributed by atoms with van der Waals surface area (Å²) >= 11 is 0. The SMILES string of the molecule is CC(C)(C)c1ccc2c(c1)c1cc(C(C)(C)C)ccc1n2-c1ccc(-c2cccc(C=Nc3cccc4cc(-n5c6ccc(C(C)(C)C)cc6c6cc(C(C)(C)C)ccc65)cc(O)c34)n2)c(O)c1. The van der Waals surface area contributed by atoms with Crippen LogP contribution < -0.4 is 0 Å². The molecule has 0 fully saturated rings. The number of rotatable bonds is 5. The summed E-state index contributed by atoms with van der Waals surface area (Å²) in [5.74, 6) is 0.288. The summed E-state index contributed by atoms with van der Waals surface area (Å²) in [6, 6.07) is 48.6. The molecule has 0 radical (unpaired) electrons. The topological polar surface area (TPSA) is 75.6 Å². The van der Waals surface area contributed by atoms with Crippen LogP contribution in [0.1, 0.15) is 111 Å². The Bertz CT molecular complexity index is 3540. The summed E-state index contributed by atoms with van der Waals surface area (Å²) in [5, 5.41) is 29.9. The Hall–Kier alpha value is -7.18. The maximum atomic E-state index is 11.9. The Labute approximate surface area is 400 Å². The van der Waals surface area contributed by atoms with Crippen molar-refractivity contribution in [3.63, 3.8) is 0 Å². The summed E-state index contributed by atoms with van der Waals surface area (Å²) in [6.07, 6.45) is 1.72. The van der Waals surface area contributed by atoms with E-state index in [1.807, 2.05) is 54.6 Å². The molecule has 0 aliphatic rings.